The highest BCUT2D eigenvalue weighted by Crippen LogP contribution is 2.36. The molecule has 0 saturated carbocycles. The second kappa shape index (κ2) is 9.30. The second-order valence-corrected chi connectivity index (χ2v) is 9.45. The smallest absolute Gasteiger partial charge is 0.269 e. The molecule has 1 atom stereocenters. The summed E-state index contributed by atoms with van der Waals surface area (Å²) in [7, 11) is 2.05. The molecule has 5 rings (SSSR count). The first-order chi connectivity index (χ1) is 16.5. The van der Waals surface area contributed by atoms with Crippen molar-refractivity contribution in [3.05, 3.63) is 92.8 Å². The van der Waals surface area contributed by atoms with Crippen molar-refractivity contribution in [3.63, 3.8) is 0 Å². The Morgan fingerprint density at radius 3 is 2.47 bits per heavy atom. The van der Waals surface area contributed by atoms with Gasteiger partial charge in [-0.3, -0.25) is 14.9 Å². The number of piperazine rings is 1. The minimum absolute atomic E-state index is 0.0116. The van der Waals surface area contributed by atoms with Gasteiger partial charge >= 0.3 is 0 Å². The number of rotatable bonds is 6. The highest BCUT2D eigenvalue weighted by atomic mass is 32.1. The van der Waals surface area contributed by atoms with Crippen molar-refractivity contribution in [2.75, 3.05) is 31.1 Å². The average Bonchev–Trinajstić information content (AvgIpc) is 3.51. The number of aromatic nitrogens is 1. The molecule has 1 unspecified atom stereocenters. The maximum absolute atomic E-state index is 13.4. The first kappa shape index (κ1) is 22.2. The SMILES string of the molecule is Cn1cc(C(CC(=O)N2CCN(c3ccc([N+](=O)[O-])cc3)CC2)c2ccsc2)c2ccccc21. The summed E-state index contributed by atoms with van der Waals surface area (Å²) < 4.78 is 2.14. The standard InChI is InChI=1S/C26H26N4O3S/c1-27-17-24(22-4-2-3-5-25(22)27)23(19-10-15-34-18-19)16-26(31)29-13-11-28(12-14-29)20-6-8-21(9-7-20)30(32)33/h2-10,15,17-18,23H,11-14,16H2,1H3. The van der Waals surface area contributed by atoms with Crippen molar-refractivity contribution in [1.29, 1.82) is 0 Å². The molecule has 2 aromatic carbocycles. The van der Waals surface area contributed by atoms with Crippen molar-refractivity contribution in [2.24, 2.45) is 7.05 Å². The Labute approximate surface area is 202 Å². The summed E-state index contributed by atoms with van der Waals surface area (Å²) in [4.78, 5) is 28.1. The van der Waals surface area contributed by atoms with Crippen LogP contribution in [-0.4, -0.2) is 46.5 Å². The molecule has 0 bridgehead atoms. The topological polar surface area (TPSA) is 71.6 Å². The number of para-hydroxylation sites is 1. The lowest BCUT2D eigenvalue weighted by atomic mass is 9.89. The van der Waals surface area contributed by atoms with E-state index in [0.717, 1.165) is 5.69 Å². The molecule has 174 valence electrons. The lowest BCUT2D eigenvalue weighted by molar-refractivity contribution is -0.384. The highest BCUT2D eigenvalue weighted by molar-refractivity contribution is 7.08. The summed E-state index contributed by atoms with van der Waals surface area (Å²) in [6, 6.07) is 17.1. The minimum Gasteiger partial charge on any atom is -0.368 e. The fraction of sp³-hybridized carbons (Fsp3) is 0.269. The van der Waals surface area contributed by atoms with Crippen LogP contribution in [0.5, 0.6) is 0 Å². The average molecular weight is 475 g/mol. The van der Waals surface area contributed by atoms with E-state index in [4.69, 9.17) is 0 Å². The Kier molecular flexibility index (Phi) is 6.06. The third kappa shape index (κ3) is 4.28. The number of nitrogens with zero attached hydrogens (tertiary/aromatic N) is 4. The predicted octanol–water partition coefficient (Wildman–Crippen LogP) is 5.02. The molecule has 0 radical (unpaired) electrons. The van der Waals surface area contributed by atoms with Gasteiger partial charge in [-0.25, -0.2) is 0 Å². The van der Waals surface area contributed by atoms with Gasteiger partial charge in [0, 0.05) is 80.5 Å². The molecule has 8 heteroatoms. The maximum Gasteiger partial charge on any atom is 0.269 e. The van der Waals surface area contributed by atoms with Gasteiger partial charge in [-0.2, -0.15) is 11.3 Å². The van der Waals surface area contributed by atoms with E-state index in [-0.39, 0.29) is 22.4 Å². The number of anilines is 1. The zero-order valence-electron chi connectivity index (χ0n) is 19.0. The number of carbonyl (C=O) groups is 1. The predicted molar refractivity (Wildman–Crippen MR) is 136 cm³/mol. The molecule has 2 aromatic heterocycles. The van der Waals surface area contributed by atoms with Gasteiger partial charge in [-0.15, -0.1) is 0 Å². The third-order valence-corrected chi connectivity index (χ3v) is 7.39. The lowest BCUT2D eigenvalue weighted by Crippen LogP contribution is -2.49. The normalized spacial score (nSPS) is 15.0. The van der Waals surface area contributed by atoms with Crippen molar-refractivity contribution < 1.29 is 9.72 Å². The molecule has 4 aromatic rings. The molecule has 3 heterocycles. The number of hydrogen-bond donors (Lipinski definition) is 0. The fourth-order valence-corrected chi connectivity index (χ4v) is 5.55. The number of amides is 1. The van der Waals surface area contributed by atoms with Gasteiger partial charge in [-0.05, 0) is 46.2 Å². The Bertz CT molecular complexity index is 1310. The van der Waals surface area contributed by atoms with Crippen molar-refractivity contribution in [3.8, 4) is 0 Å². The van der Waals surface area contributed by atoms with Gasteiger partial charge < -0.3 is 14.4 Å². The number of fused-ring (bicyclic) bond motifs is 1. The van der Waals surface area contributed by atoms with Crippen LogP contribution in [0.15, 0.2) is 71.6 Å². The van der Waals surface area contributed by atoms with E-state index in [1.54, 1.807) is 23.5 Å². The van der Waals surface area contributed by atoms with Gasteiger partial charge in [0.2, 0.25) is 5.91 Å². The number of aryl methyl sites for hydroxylation is 1. The van der Waals surface area contributed by atoms with Crippen LogP contribution < -0.4 is 4.90 Å². The largest absolute Gasteiger partial charge is 0.368 e. The molecule has 1 aliphatic rings. The number of benzene rings is 2. The fourth-order valence-electron chi connectivity index (χ4n) is 4.83. The molecule has 0 spiro atoms. The molecule has 1 amide bonds. The maximum atomic E-state index is 13.4. The van der Waals surface area contributed by atoms with Gasteiger partial charge in [0.15, 0.2) is 0 Å². The zero-order valence-corrected chi connectivity index (χ0v) is 19.8. The number of hydrogen-bond acceptors (Lipinski definition) is 5. The van der Waals surface area contributed by atoms with E-state index in [9.17, 15) is 14.9 Å². The van der Waals surface area contributed by atoms with Gasteiger partial charge in [-0.1, -0.05) is 18.2 Å². The first-order valence-corrected chi connectivity index (χ1v) is 12.3. The summed E-state index contributed by atoms with van der Waals surface area (Å²) in [6.07, 6.45) is 2.59. The molecule has 0 N–H and O–H groups in total. The summed E-state index contributed by atoms with van der Waals surface area (Å²) in [5.41, 5.74) is 4.57. The molecule has 1 saturated heterocycles. The highest BCUT2D eigenvalue weighted by Gasteiger charge is 2.27. The molecular weight excluding hydrogens is 448 g/mol. The Morgan fingerprint density at radius 2 is 1.79 bits per heavy atom. The van der Waals surface area contributed by atoms with Crippen LogP contribution >= 0.6 is 11.3 Å². The summed E-state index contributed by atoms with van der Waals surface area (Å²) in [6.45, 7) is 2.70. The Morgan fingerprint density at radius 1 is 1.06 bits per heavy atom. The number of carbonyl (C=O) groups excluding carboxylic acids is 1. The van der Waals surface area contributed by atoms with Crippen LogP contribution in [0, 0.1) is 10.1 Å². The van der Waals surface area contributed by atoms with Crippen LogP contribution in [-0.2, 0) is 11.8 Å². The van der Waals surface area contributed by atoms with E-state index in [1.807, 2.05) is 11.0 Å². The van der Waals surface area contributed by atoms with E-state index >= 15 is 0 Å². The van der Waals surface area contributed by atoms with Crippen molar-refractivity contribution in [1.82, 2.24) is 9.47 Å². The van der Waals surface area contributed by atoms with Crippen LogP contribution in [0.3, 0.4) is 0 Å². The van der Waals surface area contributed by atoms with Crippen LogP contribution in [0.1, 0.15) is 23.5 Å². The van der Waals surface area contributed by atoms with Crippen molar-refractivity contribution >= 4 is 39.5 Å². The minimum atomic E-state index is -0.389. The molecule has 34 heavy (non-hydrogen) atoms. The molecule has 1 fully saturated rings. The molecule has 1 aliphatic heterocycles. The van der Waals surface area contributed by atoms with Gasteiger partial charge in [0.1, 0.15) is 0 Å². The van der Waals surface area contributed by atoms with E-state index in [0.29, 0.717) is 32.6 Å². The van der Waals surface area contributed by atoms with E-state index < -0.39 is 0 Å². The summed E-state index contributed by atoms with van der Waals surface area (Å²) in [5.74, 6) is 0.171. The number of nitro groups is 1. The van der Waals surface area contributed by atoms with Crippen LogP contribution in [0.2, 0.25) is 0 Å². The second-order valence-electron chi connectivity index (χ2n) is 8.67. The number of thiophene rings is 1. The quantitative estimate of drug-likeness (QED) is 0.291. The van der Waals surface area contributed by atoms with Crippen LogP contribution in [0.4, 0.5) is 11.4 Å². The number of non-ortho nitro benzene ring substituents is 1. The van der Waals surface area contributed by atoms with Gasteiger partial charge in [0.25, 0.3) is 5.69 Å². The molecule has 7 nitrogen and oxygen atoms in total. The molecular formula is C26H26N4O3S. The Hall–Kier alpha value is -3.65. The third-order valence-electron chi connectivity index (χ3n) is 6.69. The number of nitro benzene ring substituents is 1. The van der Waals surface area contributed by atoms with Crippen molar-refractivity contribution in [2.45, 2.75) is 12.3 Å². The Balaban J connectivity index is 1.31. The first-order valence-electron chi connectivity index (χ1n) is 11.3. The summed E-state index contributed by atoms with van der Waals surface area (Å²) >= 11 is 1.66. The monoisotopic (exact) mass is 474 g/mol. The van der Waals surface area contributed by atoms with E-state index in [1.165, 1.54) is 34.2 Å². The van der Waals surface area contributed by atoms with Gasteiger partial charge in [0.05, 0.1) is 4.92 Å². The zero-order chi connectivity index (χ0) is 23.7. The summed E-state index contributed by atoms with van der Waals surface area (Å²) in [5, 5.41) is 16.3. The lowest BCUT2D eigenvalue weighted by Gasteiger charge is -2.36. The van der Waals surface area contributed by atoms with E-state index in [2.05, 4.69) is 57.7 Å². The van der Waals surface area contributed by atoms with Crippen LogP contribution in [0.25, 0.3) is 10.9 Å². The molecule has 0 aliphatic carbocycles.